The number of fused-ring (bicyclic) bond motifs is 1. The van der Waals surface area contributed by atoms with Gasteiger partial charge in [0.2, 0.25) is 0 Å². The average molecular weight is 450 g/mol. The largest absolute Gasteiger partial charge is 0.388 e. The van der Waals surface area contributed by atoms with Crippen LogP contribution in [0.2, 0.25) is 0 Å². The van der Waals surface area contributed by atoms with E-state index < -0.39 is 12.3 Å². The molecule has 2 unspecified atom stereocenters. The lowest BCUT2D eigenvalue weighted by molar-refractivity contribution is 0.155. The molecule has 0 saturated heterocycles. The summed E-state index contributed by atoms with van der Waals surface area (Å²) in [6, 6.07) is 13.8. The predicted octanol–water partition coefficient (Wildman–Crippen LogP) is 7.74. The van der Waals surface area contributed by atoms with Crippen LogP contribution in [-0.4, -0.2) is 10.1 Å². The molecule has 0 fully saturated rings. The number of aliphatic hydroxyl groups excluding tert-OH is 1. The summed E-state index contributed by atoms with van der Waals surface area (Å²) in [4.78, 5) is 4.90. The van der Waals surface area contributed by atoms with Crippen LogP contribution in [0.15, 0.2) is 48.5 Å². The third-order valence-corrected chi connectivity index (χ3v) is 6.61. The molecular formula is C29H33F2NO. The van der Waals surface area contributed by atoms with Crippen LogP contribution in [0.3, 0.4) is 0 Å². The molecule has 174 valence electrons. The van der Waals surface area contributed by atoms with Crippen LogP contribution < -0.4 is 0 Å². The Morgan fingerprint density at radius 1 is 1.00 bits per heavy atom. The number of aryl methyl sites for hydroxylation is 1. The lowest BCUT2D eigenvalue weighted by Crippen LogP contribution is -2.19. The van der Waals surface area contributed by atoms with Crippen molar-refractivity contribution in [2.75, 3.05) is 0 Å². The van der Waals surface area contributed by atoms with Crippen molar-refractivity contribution in [1.29, 1.82) is 0 Å². The minimum atomic E-state index is -1.41. The number of aliphatic hydroxyl groups is 1. The zero-order valence-corrected chi connectivity index (χ0v) is 20.1. The number of hydrogen-bond acceptors (Lipinski definition) is 2. The molecule has 0 aliphatic heterocycles. The van der Waals surface area contributed by atoms with E-state index in [2.05, 4.69) is 20.8 Å². The van der Waals surface area contributed by atoms with Crippen LogP contribution in [0.1, 0.15) is 99.3 Å². The molecule has 0 radical (unpaired) electrons. The van der Waals surface area contributed by atoms with Gasteiger partial charge in [0, 0.05) is 16.8 Å². The average Bonchev–Trinajstić information content (AvgIpc) is 2.77. The number of nitrogens with zero attached hydrogens (tertiary/aromatic N) is 1. The van der Waals surface area contributed by atoms with Crippen LogP contribution in [0, 0.1) is 5.82 Å². The minimum absolute atomic E-state index is 0.00401. The van der Waals surface area contributed by atoms with E-state index in [1.165, 1.54) is 12.1 Å². The van der Waals surface area contributed by atoms with E-state index in [0.717, 1.165) is 24.1 Å². The fraction of sp³-hybridized carbons (Fsp3) is 0.414. The lowest BCUT2D eigenvalue weighted by atomic mass is 9.80. The molecule has 2 nitrogen and oxygen atoms in total. The first-order valence-electron chi connectivity index (χ1n) is 11.8. The Morgan fingerprint density at radius 2 is 1.64 bits per heavy atom. The fourth-order valence-corrected chi connectivity index (χ4v) is 4.78. The number of rotatable bonds is 4. The Morgan fingerprint density at radius 3 is 2.21 bits per heavy atom. The fourth-order valence-electron chi connectivity index (χ4n) is 4.78. The summed E-state index contributed by atoms with van der Waals surface area (Å²) in [5.74, 6) is -0.349. The van der Waals surface area contributed by atoms with Crippen molar-refractivity contribution in [3.63, 3.8) is 0 Å². The summed E-state index contributed by atoms with van der Waals surface area (Å²) in [5, 5.41) is 11.0. The van der Waals surface area contributed by atoms with E-state index in [4.69, 9.17) is 4.98 Å². The Kier molecular flexibility index (Phi) is 6.41. The number of pyridine rings is 1. The first kappa shape index (κ1) is 23.6. The van der Waals surface area contributed by atoms with Crippen LogP contribution in [0.25, 0.3) is 11.1 Å². The van der Waals surface area contributed by atoms with Crippen molar-refractivity contribution in [3.8, 4) is 11.1 Å². The number of halogens is 2. The van der Waals surface area contributed by atoms with Gasteiger partial charge in [0.15, 0.2) is 6.17 Å². The first-order valence-corrected chi connectivity index (χ1v) is 11.8. The van der Waals surface area contributed by atoms with Crippen molar-refractivity contribution in [3.05, 3.63) is 88.0 Å². The molecule has 2 atom stereocenters. The van der Waals surface area contributed by atoms with Gasteiger partial charge in [0.05, 0.1) is 11.8 Å². The summed E-state index contributed by atoms with van der Waals surface area (Å²) in [6.45, 7) is 10.4. The molecule has 3 aromatic rings. The van der Waals surface area contributed by atoms with Crippen molar-refractivity contribution in [2.45, 2.75) is 77.5 Å². The molecule has 1 aliphatic carbocycles. The minimum Gasteiger partial charge on any atom is -0.388 e. The van der Waals surface area contributed by atoms with E-state index in [0.29, 0.717) is 39.9 Å². The van der Waals surface area contributed by atoms with E-state index >= 15 is 4.39 Å². The predicted molar refractivity (Wildman–Crippen MR) is 130 cm³/mol. The van der Waals surface area contributed by atoms with Crippen molar-refractivity contribution >= 4 is 0 Å². The Bertz CT molecular complexity index is 1130. The molecule has 0 amide bonds. The van der Waals surface area contributed by atoms with E-state index in [1.54, 1.807) is 12.1 Å². The van der Waals surface area contributed by atoms with E-state index in [1.807, 2.05) is 38.1 Å². The zero-order valence-electron chi connectivity index (χ0n) is 20.1. The van der Waals surface area contributed by atoms with Crippen LogP contribution in [0.5, 0.6) is 0 Å². The summed E-state index contributed by atoms with van der Waals surface area (Å²) in [6.07, 6.45) is 0.0761. The van der Waals surface area contributed by atoms with Gasteiger partial charge in [-0.25, -0.2) is 8.78 Å². The summed E-state index contributed by atoms with van der Waals surface area (Å²) < 4.78 is 30.2. The highest BCUT2D eigenvalue weighted by Gasteiger charge is 2.32. The molecule has 0 spiro atoms. The maximum Gasteiger partial charge on any atom is 0.153 e. The third-order valence-electron chi connectivity index (χ3n) is 6.61. The molecule has 0 bridgehead atoms. The molecule has 33 heavy (non-hydrogen) atoms. The van der Waals surface area contributed by atoms with Crippen molar-refractivity contribution in [2.24, 2.45) is 0 Å². The second-order valence-corrected chi connectivity index (χ2v) is 10.5. The van der Waals surface area contributed by atoms with Gasteiger partial charge in [0.25, 0.3) is 0 Å². The molecule has 0 saturated carbocycles. The maximum atomic E-state index is 16.4. The van der Waals surface area contributed by atoms with Gasteiger partial charge in [-0.2, -0.15) is 0 Å². The zero-order chi connectivity index (χ0) is 23.9. The summed E-state index contributed by atoms with van der Waals surface area (Å²) >= 11 is 0. The second-order valence-electron chi connectivity index (χ2n) is 10.5. The summed E-state index contributed by atoms with van der Waals surface area (Å²) in [7, 11) is 0. The highest BCUT2D eigenvalue weighted by molar-refractivity contribution is 5.75. The van der Waals surface area contributed by atoms with Crippen molar-refractivity contribution in [1.82, 2.24) is 4.98 Å². The van der Waals surface area contributed by atoms with Gasteiger partial charge in [-0.15, -0.1) is 0 Å². The quantitative estimate of drug-likeness (QED) is 0.442. The normalized spacial score (nSPS) is 17.2. The van der Waals surface area contributed by atoms with E-state index in [-0.39, 0.29) is 17.2 Å². The third kappa shape index (κ3) is 4.59. The highest BCUT2D eigenvalue weighted by atomic mass is 19.1. The van der Waals surface area contributed by atoms with Gasteiger partial charge in [0.1, 0.15) is 5.82 Å². The van der Waals surface area contributed by atoms with Crippen LogP contribution in [-0.2, 0) is 11.8 Å². The standard InChI is InChI=1S/C29H33F2NO/c1-17(2)28-26(27(31)19-9-13-20(14-10-19)29(3,4)5)24(18-11-15-21(30)16-12-18)25-22(32-28)7-6-8-23(25)33/h9-17,23,27,33H,6-8H2,1-5H3. The van der Waals surface area contributed by atoms with Crippen molar-refractivity contribution < 1.29 is 13.9 Å². The number of benzene rings is 2. The van der Waals surface area contributed by atoms with Gasteiger partial charge in [-0.05, 0) is 65.0 Å². The monoisotopic (exact) mass is 449 g/mol. The molecule has 1 N–H and O–H groups in total. The number of aromatic nitrogens is 1. The molecule has 4 rings (SSSR count). The molecular weight excluding hydrogens is 416 g/mol. The Hall–Kier alpha value is -2.59. The highest BCUT2D eigenvalue weighted by Crippen LogP contribution is 2.46. The van der Waals surface area contributed by atoms with Gasteiger partial charge < -0.3 is 5.11 Å². The Balaban J connectivity index is 1.97. The lowest BCUT2D eigenvalue weighted by Gasteiger charge is -2.30. The van der Waals surface area contributed by atoms with Gasteiger partial charge >= 0.3 is 0 Å². The molecule has 2 aromatic carbocycles. The molecule has 1 aromatic heterocycles. The Labute approximate surface area is 195 Å². The molecule has 1 heterocycles. The summed E-state index contributed by atoms with van der Waals surface area (Å²) in [5.41, 5.74) is 5.77. The smallest absolute Gasteiger partial charge is 0.153 e. The molecule has 4 heteroatoms. The SMILES string of the molecule is CC(C)c1nc2c(c(-c3ccc(F)cc3)c1C(F)c1ccc(C(C)(C)C)cc1)C(O)CCC2. The van der Waals surface area contributed by atoms with Crippen LogP contribution in [0.4, 0.5) is 8.78 Å². The number of alkyl halides is 1. The van der Waals surface area contributed by atoms with Gasteiger partial charge in [-0.3, -0.25) is 4.98 Å². The second kappa shape index (κ2) is 8.98. The topological polar surface area (TPSA) is 33.1 Å². The maximum absolute atomic E-state index is 16.4. The molecule has 1 aliphatic rings. The number of hydrogen-bond donors (Lipinski definition) is 1. The van der Waals surface area contributed by atoms with Crippen LogP contribution >= 0.6 is 0 Å². The first-order chi connectivity index (χ1) is 15.6. The van der Waals surface area contributed by atoms with E-state index in [9.17, 15) is 9.50 Å². The van der Waals surface area contributed by atoms with Gasteiger partial charge in [-0.1, -0.05) is 71.0 Å².